The number of pyridine rings is 1. The SMILES string of the molecule is O=C(NCc1ccccn1)C1CC1C(=O)Nc1ccc(Oc2ccccc2)cc1. The molecule has 1 heterocycles. The van der Waals surface area contributed by atoms with Crippen molar-refractivity contribution in [3.63, 3.8) is 0 Å². The summed E-state index contributed by atoms with van der Waals surface area (Å²) in [5, 5.41) is 5.71. The fourth-order valence-corrected chi connectivity index (χ4v) is 3.05. The van der Waals surface area contributed by atoms with Crippen LogP contribution in [0.5, 0.6) is 11.5 Å². The van der Waals surface area contributed by atoms with Crippen LogP contribution in [0.2, 0.25) is 0 Å². The van der Waals surface area contributed by atoms with Crippen molar-refractivity contribution in [2.45, 2.75) is 13.0 Å². The molecule has 29 heavy (non-hydrogen) atoms. The minimum absolute atomic E-state index is 0.109. The number of hydrogen-bond acceptors (Lipinski definition) is 4. The molecule has 4 rings (SSSR count). The maximum absolute atomic E-state index is 12.4. The largest absolute Gasteiger partial charge is 0.457 e. The summed E-state index contributed by atoms with van der Waals surface area (Å²) in [5.41, 5.74) is 1.47. The van der Waals surface area contributed by atoms with E-state index in [1.165, 1.54) is 0 Å². The Bertz CT molecular complexity index is 975. The van der Waals surface area contributed by atoms with Gasteiger partial charge in [-0.3, -0.25) is 14.6 Å². The minimum Gasteiger partial charge on any atom is -0.457 e. The van der Waals surface area contributed by atoms with Crippen LogP contribution < -0.4 is 15.4 Å². The molecule has 6 nitrogen and oxygen atoms in total. The highest BCUT2D eigenvalue weighted by atomic mass is 16.5. The lowest BCUT2D eigenvalue weighted by molar-refractivity contribution is -0.125. The molecule has 146 valence electrons. The van der Waals surface area contributed by atoms with Gasteiger partial charge in [0.05, 0.1) is 24.1 Å². The van der Waals surface area contributed by atoms with Gasteiger partial charge >= 0.3 is 0 Å². The smallest absolute Gasteiger partial charge is 0.228 e. The molecule has 3 aromatic rings. The molecule has 2 N–H and O–H groups in total. The number of para-hydroxylation sites is 1. The Morgan fingerprint density at radius 3 is 2.28 bits per heavy atom. The molecule has 2 amide bonds. The van der Waals surface area contributed by atoms with Crippen molar-refractivity contribution in [3.8, 4) is 11.5 Å². The standard InChI is InChI=1S/C23H21N3O3/c27-22(25-15-17-6-4-5-13-24-17)20-14-21(20)23(28)26-16-9-11-19(12-10-16)29-18-7-2-1-3-8-18/h1-13,20-21H,14-15H2,(H,25,27)(H,26,28). The van der Waals surface area contributed by atoms with Crippen molar-refractivity contribution >= 4 is 17.5 Å². The molecule has 0 aliphatic heterocycles. The topological polar surface area (TPSA) is 80.3 Å². The molecule has 6 heteroatoms. The first-order chi connectivity index (χ1) is 14.2. The number of carbonyl (C=O) groups excluding carboxylic acids is 2. The van der Waals surface area contributed by atoms with Crippen molar-refractivity contribution < 1.29 is 14.3 Å². The summed E-state index contributed by atoms with van der Waals surface area (Å²) in [4.78, 5) is 28.8. The molecular weight excluding hydrogens is 366 g/mol. The lowest BCUT2D eigenvalue weighted by Gasteiger charge is -2.08. The Morgan fingerprint density at radius 2 is 1.55 bits per heavy atom. The zero-order valence-electron chi connectivity index (χ0n) is 15.7. The Balaban J connectivity index is 1.25. The average molecular weight is 387 g/mol. The fraction of sp³-hybridized carbons (Fsp3) is 0.174. The second-order valence-corrected chi connectivity index (χ2v) is 6.92. The summed E-state index contributed by atoms with van der Waals surface area (Å²) in [7, 11) is 0. The predicted octanol–water partition coefficient (Wildman–Crippen LogP) is 3.76. The Labute approximate surface area is 168 Å². The van der Waals surface area contributed by atoms with Gasteiger partial charge in [0.15, 0.2) is 0 Å². The van der Waals surface area contributed by atoms with E-state index in [2.05, 4.69) is 15.6 Å². The number of carbonyl (C=O) groups is 2. The number of amides is 2. The van der Waals surface area contributed by atoms with E-state index >= 15 is 0 Å². The summed E-state index contributed by atoms with van der Waals surface area (Å²) in [5.74, 6) is 0.620. The van der Waals surface area contributed by atoms with Crippen molar-refractivity contribution in [2.75, 3.05) is 5.32 Å². The Kier molecular flexibility index (Phi) is 5.52. The first-order valence-corrected chi connectivity index (χ1v) is 9.50. The van der Waals surface area contributed by atoms with E-state index in [1.807, 2.05) is 48.5 Å². The second kappa shape index (κ2) is 8.56. The second-order valence-electron chi connectivity index (χ2n) is 6.92. The molecule has 1 aliphatic rings. The van der Waals surface area contributed by atoms with Crippen molar-refractivity contribution in [2.24, 2.45) is 11.8 Å². The van der Waals surface area contributed by atoms with E-state index in [-0.39, 0.29) is 23.7 Å². The normalized spacial score (nSPS) is 17.2. The van der Waals surface area contributed by atoms with Crippen molar-refractivity contribution in [3.05, 3.63) is 84.7 Å². The van der Waals surface area contributed by atoms with Crippen LogP contribution in [0, 0.1) is 11.8 Å². The van der Waals surface area contributed by atoms with E-state index in [0.29, 0.717) is 24.4 Å². The van der Waals surface area contributed by atoms with Gasteiger partial charge in [-0.1, -0.05) is 24.3 Å². The monoisotopic (exact) mass is 387 g/mol. The molecule has 1 aromatic heterocycles. The van der Waals surface area contributed by atoms with Crippen LogP contribution in [0.4, 0.5) is 5.69 Å². The number of benzene rings is 2. The highest BCUT2D eigenvalue weighted by molar-refractivity contribution is 5.99. The van der Waals surface area contributed by atoms with Gasteiger partial charge in [-0.05, 0) is 55.0 Å². The molecule has 0 radical (unpaired) electrons. The summed E-state index contributed by atoms with van der Waals surface area (Å²) in [6.45, 7) is 0.368. The van der Waals surface area contributed by atoms with E-state index in [9.17, 15) is 9.59 Å². The number of anilines is 1. The number of nitrogens with zero attached hydrogens (tertiary/aromatic N) is 1. The molecule has 0 saturated heterocycles. The Hall–Kier alpha value is -3.67. The van der Waals surface area contributed by atoms with E-state index in [1.54, 1.807) is 30.5 Å². The molecular formula is C23H21N3O3. The summed E-state index contributed by atoms with van der Waals surface area (Å²) < 4.78 is 5.74. The fourth-order valence-electron chi connectivity index (χ4n) is 3.05. The maximum Gasteiger partial charge on any atom is 0.228 e. The maximum atomic E-state index is 12.4. The molecule has 0 bridgehead atoms. The van der Waals surface area contributed by atoms with Crippen LogP contribution in [0.15, 0.2) is 79.0 Å². The molecule has 1 saturated carbocycles. The molecule has 2 atom stereocenters. The number of ether oxygens (including phenoxy) is 1. The van der Waals surface area contributed by atoms with E-state index < -0.39 is 0 Å². The highest BCUT2D eigenvalue weighted by Gasteiger charge is 2.47. The van der Waals surface area contributed by atoms with E-state index in [4.69, 9.17) is 4.74 Å². The minimum atomic E-state index is -0.293. The van der Waals surface area contributed by atoms with Gasteiger partial charge in [0, 0.05) is 11.9 Å². The van der Waals surface area contributed by atoms with Crippen molar-refractivity contribution in [1.82, 2.24) is 10.3 Å². The van der Waals surface area contributed by atoms with Crippen LogP contribution in [-0.2, 0) is 16.1 Å². The first-order valence-electron chi connectivity index (χ1n) is 9.50. The third-order valence-corrected chi connectivity index (χ3v) is 4.73. The van der Waals surface area contributed by atoms with Gasteiger partial charge in [0.25, 0.3) is 0 Å². The lowest BCUT2D eigenvalue weighted by atomic mass is 10.2. The number of hydrogen-bond donors (Lipinski definition) is 2. The molecule has 0 spiro atoms. The van der Waals surface area contributed by atoms with E-state index in [0.717, 1.165) is 11.4 Å². The van der Waals surface area contributed by atoms with Crippen LogP contribution >= 0.6 is 0 Å². The third kappa shape index (κ3) is 4.99. The molecule has 2 aromatic carbocycles. The zero-order valence-corrected chi connectivity index (χ0v) is 15.7. The summed E-state index contributed by atoms with van der Waals surface area (Å²) in [6, 6.07) is 22.2. The van der Waals surface area contributed by atoms with Crippen LogP contribution in [0.3, 0.4) is 0 Å². The Morgan fingerprint density at radius 1 is 0.862 bits per heavy atom. The predicted molar refractivity (Wildman–Crippen MR) is 109 cm³/mol. The van der Waals surface area contributed by atoms with Gasteiger partial charge in [-0.2, -0.15) is 0 Å². The molecule has 1 fully saturated rings. The first kappa shape index (κ1) is 18.7. The quantitative estimate of drug-likeness (QED) is 0.647. The number of aromatic nitrogens is 1. The molecule has 1 aliphatic carbocycles. The van der Waals surface area contributed by atoms with Crippen molar-refractivity contribution in [1.29, 1.82) is 0 Å². The van der Waals surface area contributed by atoms with Crippen LogP contribution in [-0.4, -0.2) is 16.8 Å². The third-order valence-electron chi connectivity index (χ3n) is 4.73. The van der Waals surface area contributed by atoms with Crippen LogP contribution in [0.1, 0.15) is 12.1 Å². The lowest BCUT2D eigenvalue weighted by Crippen LogP contribution is -2.27. The van der Waals surface area contributed by atoms with Gasteiger partial charge in [0.1, 0.15) is 11.5 Å². The van der Waals surface area contributed by atoms with Gasteiger partial charge in [0.2, 0.25) is 11.8 Å². The van der Waals surface area contributed by atoms with Crippen LogP contribution in [0.25, 0.3) is 0 Å². The van der Waals surface area contributed by atoms with Gasteiger partial charge in [-0.25, -0.2) is 0 Å². The summed E-state index contributed by atoms with van der Waals surface area (Å²) in [6.07, 6.45) is 2.25. The van der Waals surface area contributed by atoms with Gasteiger partial charge < -0.3 is 15.4 Å². The average Bonchev–Trinajstić information content (AvgIpc) is 3.56. The highest BCUT2D eigenvalue weighted by Crippen LogP contribution is 2.39. The zero-order chi connectivity index (χ0) is 20.1. The summed E-state index contributed by atoms with van der Waals surface area (Å²) >= 11 is 0. The number of rotatable bonds is 7. The number of nitrogens with one attached hydrogen (secondary N) is 2. The van der Waals surface area contributed by atoms with Gasteiger partial charge in [-0.15, -0.1) is 0 Å². The molecule has 2 unspecified atom stereocenters.